The first-order valence-corrected chi connectivity index (χ1v) is 2.93. The molecule has 1 fully saturated rings. The van der Waals surface area contributed by atoms with Gasteiger partial charge in [-0.15, -0.1) is 0 Å². The zero-order valence-electron chi connectivity index (χ0n) is 5.69. The van der Waals surface area contributed by atoms with Crippen LogP contribution in [0.1, 0.15) is 13.8 Å². The second kappa shape index (κ2) is 1.71. The average Bonchev–Trinajstić information content (AvgIpc) is 2.15. The van der Waals surface area contributed by atoms with E-state index in [1.165, 1.54) is 0 Å². The Morgan fingerprint density at radius 3 is 2.25 bits per heavy atom. The SMILES string of the molecule is COCC1NC1(C)C. The van der Waals surface area contributed by atoms with E-state index in [0.29, 0.717) is 11.6 Å². The number of hydrogen-bond acceptors (Lipinski definition) is 2. The van der Waals surface area contributed by atoms with Gasteiger partial charge in [-0.05, 0) is 13.8 Å². The topological polar surface area (TPSA) is 31.2 Å². The second-order valence-electron chi connectivity index (χ2n) is 2.87. The van der Waals surface area contributed by atoms with Crippen molar-refractivity contribution in [1.82, 2.24) is 5.32 Å². The minimum Gasteiger partial charge on any atom is -0.383 e. The van der Waals surface area contributed by atoms with E-state index < -0.39 is 0 Å². The molecular weight excluding hydrogens is 102 g/mol. The van der Waals surface area contributed by atoms with Crippen molar-refractivity contribution < 1.29 is 4.74 Å². The summed E-state index contributed by atoms with van der Waals surface area (Å²) >= 11 is 0. The van der Waals surface area contributed by atoms with Crippen molar-refractivity contribution in [3.8, 4) is 0 Å². The number of ether oxygens (including phenoxy) is 1. The van der Waals surface area contributed by atoms with Crippen LogP contribution >= 0.6 is 0 Å². The van der Waals surface area contributed by atoms with Crippen LogP contribution in [0.5, 0.6) is 0 Å². The van der Waals surface area contributed by atoms with Crippen molar-refractivity contribution in [2.24, 2.45) is 0 Å². The molecule has 0 aromatic rings. The largest absolute Gasteiger partial charge is 0.383 e. The number of hydrogen-bond donors (Lipinski definition) is 1. The van der Waals surface area contributed by atoms with E-state index in [9.17, 15) is 0 Å². The Balaban J connectivity index is 2.17. The van der Waals surface area contributed by atoms with Gasteiger partial charge in [0.2, 0.25) is 0 Å². The van der Waals surface area contributed by atoms with Crippen molar-refractivity contribution >= 4 is 0 Å². The lowest BCUT2D eigenvalue weighted by Crippen LogP contribution is -2.08. The summed E-state index contributed by atoms with van der Waals surface area (Å²) in [7, 11) is 1.73. The molecule has 0 amide bonds. The van der Waals surface area contributed by atoms with E-state index >= 15 is 0 Å². The Bertz CT molecular complexity index is 90.5. The summed E-state index contributed by atoms with van der Waals surface area (Å²) in [6, 6.07) is 0.590. The Hall–Kier alpha value is -0.0800. The summed E-state index contributed by atoms with van der Waals surface area (Å²) in [5, 5.41) is 3.28. The number of rotatable bonds is 2. The highest BCUT2D eigenvalue weighted by Crippen LogP contribution is 2.24. The highest BCUT2D eigenvalue weighted by atomic mass is 16.5. The monoisotopic (exact) mass is 115 g/mol. The van der Waals surface area contributed by atoms with Crippen molar-refractivity contribution in [2.75, 3.05) is 13.7 Å². The smallest absolute Gasteiger partial charge is 0.0633 e. The summed E-state index contributed by atoms with van der Waals surface area (Å²) in [5.74, 6) is 0. The normalized spacial score (nSPS) is 32.6. The van der Waals surface area contributed by atoms with Crippen LogP contribution in [-0.4, -0.2) is 25.3 Å². The van der Waals surface area contributed by atoms with Crippen molar-refractivity contribution in [1.29, 1.82) is 0 Å². The molecule has 1 saturated heterocycles. The summed E-state index contributed by atoms with van der Waals surface area (Å²) in [6.45, 7) is 5.19. The quantitative estimate of drug-likeness (QED) is 0.527. The zero-order chi connectivity index (χ0) is 6.20. The predicted octanol–water partition coefficient (Wildman–Crippen LogP) is 0.383. The molecule has 8 heavy (non-hydrogen) atoms. The molecule has 48 valence electrons. The molecule has 2 nitrogen and oxygen atoms in total. The minimum atomic E-state index is 0.343. The van der Waals surface area contributed by atoms with Gasteiger partial charge in [0.15, 0.2) is 0 Å². The third kappa shape index (κ3) is 1.01. The average molecular weight is 115 g/mol. The van der Waals surface area contributed by atoms with Gasteiger partial charge in [0.05, 0.1) is 6.61 Å². The predicted molar refractivity (Wildman–Crippen MR) is 32.9 cm³/mol. The fraction of sp³-hybridized carbons (Fsp3) is 1.00. The Labute approximate surface area is 50.2 Å². The van der Waals surface area contributed by atoms with Crippen molar-refractivity contribution in [3.05, 3.63) is 0 Å². The molecule has 1 aliphatic heterocycles. The molecule has 0 bridgehead atoms. The first-order valence-electron chi connectivity index (χ1n) is 2.93. The lowest BCUT2D eigenvalue weighted by atomic mass is 10.1. The van der Waals surface area contributed by atoms with E-state index in [2.05, 4.69) is 19.2 Å². The summed E-state index contributed by atoms with van der Waals surface area (Å²) in [4.78, 5) is 0. The van der Waals surface area contributed by atoms with Crippen LogP contribution in [0, 0.1) is 0 Å². The minimum absolute atomic E-state index is 0.343. The molecule has 1 unspecified atom stereocenters. The van der Waals surface area contributed by atoms with Crippen LogP contribution in [0.4, 0.5) is 0 Å². The summed E-state index contributed by atoms with van der Waals surface area (Å²) in [6.07, 6.45) is 0. The maximum atomic E-state index is 4.94. The Morgan fingerprint density at radius 1 is 1.62 bits per heavy atom. The van der Waals surface area contributed by atoms with Crippen LogP contribution in [0.3, 0.4) is 0 Å². The highest BCUT2D eigenvalue weighted by molar-refractivity contribution is 5.07. The molecule has 2 heteroatoms. The van der Waals surface area contributed by atoms with Gasteiger partial charge in [-0.1, -0.05) is 0 Å². The van der Waals surface area contributed by atoms with Gasteiger partial charge in [-0.3, -0.25) is 0 Å². The molecule has 1 heterocycles. The number of methoxy groups -OCH3 is 1. The van der Waals surface area contributed by atoms with Crippen LogP contribution in [0.15, 0.2) is 0 Å². The molecule has 1 aliphatic rings. The maximum Gasteiger partial charge on any atom is 0.0633 e. The van der Waals surface area contributed by atoms with E-state index in [0.717, 1.165) is 6.61 Å². The van der Waals surface area contributed by atoms with Gasteiger partial charge >= 0.3 is 0 Å². The van der Waals surface area contributed by atoms with Gasteiger partial charge < -0.3 is 10.1 Å². The van der Waals surface area contributed by atoms with E-state index in [1.807, 2.05) is 0 Å². The van der Waals surface area contributed by atoms with Gasteiger partial charge in [0, 0.05) is 18.7 Å². The lowest BCUT2D eigenvalue weighted by Gasteiger charge is -1.95. The van der Waals surface area contributed by atoms with Crippen molar-refractivity contribution in [3.63, 3.8) is 0 Å². The molecule has 1 rings (SSSR count). The fourth-order valence-electron chi connectivity index (χ4n) is 0.824. The molecule has 0 aromatic carbocycles. The van der Waals surface area contributed by atoms with Gasteiger partial charge in [0.25, 0.3) is 0 Å². The van der Waals surface area contributed by atoms with Crippen LogP contribution in [0.2, 0.25) is 0 Å². The van der Waals surface area contributed by atoms with E-state index in [4.69, 9.17) is 4.74 Å². The standard InChI is InChI=1S/C6H13NO/c1-6(2)5(7-6)4-8-3/h5,7H,4H2,1-3H3. The molecule has 0 saturated carbocycles. The summed E-state index contributed by atoms with van der Waals surface area (Å²) < 4.78 is 4.94. The van der Waals surface area contributed by atoms with Gasteiger partial charge in [-0.2, -0.15) is 0 Å². The zero-order valence-corrected chi connectivity index (χ0v) is 5.69. The van der Waals surface area contributed by atoms with Crippen LogP contribution in [0.25, 0.3) is 0 Å². The lowest BCUT2D eigenvalue weighted by molar-refractivity contribution is 0.196. The third-order valence-electron chi connectivity index (χ3n) is 1.67. The second-order valence-corrected chi connectivity index (χ2v) is 2.87. The first-order chi connectivity index (χ1) is 3.67. The highest BCUT2D eigenvalue weighted by Gasteiger charge is 2.44. The molecule has 0 radical (unpaired) electrons. The molecule has 0 aliphatic carbocycles. The van der Waals surface area contributed by atoms with E-state index in [-0.39, 0.29) is 0 Å². The molecular formula is C6H13NO. The van der Waals surface area contributed by atoms with Gasteiger partial charge in [0.1, 0.15) is 0 Å². The fourth-order valence-corrected chi connectivity index (χ4v) is 0.824. The van der Waals surface area contributed by atoms with Crippen LogP contribution < -0.4 is 5.32 Å². The number of nitrogens with one attached hydrogen (secondary N) is 1. The molecule has 1 atom stereocenters. The molecule has 0 spiro atoms. The Morgan fingerprint density at radius 2 is 2.12 bits per heavy atom. The molecule has 0 aromatic heterocycles. The summed E-state index contributed by atoms with van der Waals surface area (Å²) in [5.41, 5.74) is 0.343. The Kier molecular flexibility index (Phi) is 1.29. The van der Waals surface area contributed by atoms with Gasteiger partial charge in [-0.25, -0.2) is 0 Å². The van der Waals surface area contributed by atoms with Crippen molar-refractivity contribution in [2.45, 2.75) is 25.4 Å². The maximum absolute atomic E-state index is 4.94. The third-order valence-corrected chi connectivity index (χ3v) is 1.67. The van der Waals surface area contributed by atoms with E-state index in [1.54, 1.807) is 7.11 Å². The first kappa shape index (κ1) is 6.05. The van der Waals surface area contributed by atoms with Crippen LogP contribution in [-0.2, 0) is 4.74 Å². The molecule has 1 N–H and O–H groups in total.